The summed E-state index contributed by atoms with van der Waals surface area (Å²) in [6, 6.07) is 0. The highest BCUT2D eigenvalue weighted by atomic mass is 28.3. The highest BCUT2D eigenvalue weighted by Gasteiger charge is 2.57. The summed E-state index contributed by atoms with van der Waals surface area (Å²) in [6.07, 6.45) is 5.34. The normalized spacial score (nSPS) is 23.7. The Kier molecular flexibility index (Phi) is 4.90. The Morgan fingerprint density at radius 2 is 1.74 bits per heavy atom. The Labute approximate surface area is 139 Å². The third-order valence-electron chi connectivity index (χ3n) is 5.22. The summed E-state index contributed by atoms with van der Waals surface area (Å²) < 4.78 is 10.1. The van der Waals surface area contributed by atoms with Crippen molar-refractivity contribution in [2.24, 2.45) is 11.3 Å². The molecule has 0 aliphatic heterocycles. The molecule has 4 nitrogen and oxygen atoms in total. The fraction of sp³-hybridized carbons (Fsp3) is 0.667. The molecule has 0 N–H and O–H groups in total. The maximum atomic E-state index is 12.6. The number of esters is 2. The molecule has 23 heavy (non-hydrogen) atoms. The first kappa shape index (κ1) is 18.0. The minimum atomic E-state index is -1.52. The highest BCUT2D eigenvalue weighted by molar-refractivity contribution is 6.83. The molecule has 2 aliphatic rings. The maximum absolute atomic E-state index is 12.6. The van der Waals surface area contributed by atoms with Crippen molar-refractivity contribution < 1.29 is 19.1 Å². The van der Waals surface area contributed by atoms with E-state index in [-0.39, 0.29) is 5.92 Å². The quantitative estimate of drug-likeness (QED) is 0.342. The minimum Gasteiger partial charge on any atom is -0.468 e. The predicted molar refractivity (Wildman–Crippen MR) is 92.6 cm³/mol. The number of allylic oxidation sites excluding steroid dienone is 4. The van der Waals surface area contributed by atoms with E-state index in [0.717, 1.165) is 19.3 Å². The molecule has 0 radical (unpaired) electrons. The summed E-state index contributed by atoms with van der Waals surface area (Å²) in [4.78, 5) is 25.3. The topological polar surface area (TPSA) is 52.6 Å². The van der Waals surface area contributed by atoms with E-state index in [4.69, 9.17) is 9.47 Å². The van der Waals surface area contributed by atoms with Gasteiger partial charge in [0.2, 0.25) is 0 Å². The van der Waals surface area contributed by atoms with Gasteiger partial charge in [0.05, 0.1) is 22.3 Å². The Hall–Kier alpha value is -1.36. The van der Waals surface area contributed by atoms with Gasteiger partial charge in [-0.05, 0) is 32.6 Å². The predicted octanol–water partition coefficient (Wildman–Crippen LogP) is 3.64. The average Bonchev–Trinajstić information content (AvgIpc) is 2.51. The second kappa shape index (κ2) is 6.27. The number of rotatable bonds is 3. The lowest BCUT2D eigenvalue weighted by molar-refractivity contribution is -0.173. The van der Waals surface area contributed by atoms with Gasteiger partial charge in [-0.2, -0.15) is 0 Å². The van der Waals surface area contributed by atoms with E-state index in [1.54, 1.807) is 0 Å². The standard InChI is InChI=1S/C18H28O4Si/c1-12-10-14-13(15(11-12)23(4,5)6)8-7-9-18(14,16(19)21-2)17(20)22-3/h10,14H,7-9,11H2,1-6H3. The molecule has 0 heterocycles. The summed E-state index contributed by atoms with van der Waals surface area (Å²) >= 11 is 0. The summed E-state index contributed by atoms with van der Waals surface area (Å²) in [6.45, 7) is 9.08. The molecule has 0 aromatic carbocycles. The first-order chi connectivity index (χ1) is 10.7. The van der Waals surface area contributed by atoms with Crippen molar-refractivity contribution >= 4 is 20.0 Å². The number of carbonyl (C=O) groups is 2. The molecule has 1 fully saturated rings. The van der Waals surface area contributed by atoms with Gasteiger partial charge in [-0.25, -0.2) is 0 Å². The molecule has 0 spiro atoms. The minimum absolute atomic E-state index is 0.216. The van der Waals surface area contributed by atoms with Crippen LogP contribution in [-0.4, -0.2) is 34.2 Å². The van der Waals surface area contributed by atoms with E-state index in [1.807, 2.05) is 0 Å². The van der Waals surface area contributed by atoms with Crippen LogP contribution in [0.15, 0.2) is 22.4 Å². The molecular formula is C18H28O4Si. The van der Waals surface area contributed by atoms with Crippen LogP contribution in [-0.2, 0) is 19.1 Å². The number of hydrogen-bond acceptors (Lipinski definition) is 4. The van der Waals surface area contributed by atoms with Gasteiger partial charge in [0.15, 0.2) is 5.41 Å². The van der Waals surface area contributed by atoms with Crippen molar-refractivity contribution in [2.45, 2.75) is 52.2 Å². The molecule has 0 aromatic rings. The van der Waals surface area contributed by atoms with Gasteiger partial charge in [-0.3, -0.25) is 9.59 Å². The smallest absolute Gasteiger partial charge is 0.324 e. The van der Waals surface area contributed by atoms with Gasteiger partial charge < -0.3 is 9.47 Å². The number of ether oxygens (including phenoxy) is 2. The Balaban J connectivity index is 2.67. The summed E-state index contributed by atoms with van der Waals surface area (Å²) in [5.41, 5.74) is 1.30. The van der Waals surface area contributed by atoms with Crippen LogP contribution in [0.5, 0.6) is 0 Å². The van der Waals surface area contributed by atoms with Gasteiger partial charge >= 0.3 is 11.9 Å². The van der Waals surface area contributed by atoms with Crippen molar-refractivity contribution in [2.75, 3.05) is 14.2 Å². The van der Waals surface area contributed by atoms with Crippen LogP contribution in [0.3, 0.4) is 0 Å². The van der Waals surface area contributed by atoms with Crippen molar-refractivity contribution in [1.82, 2.24) is 0 Å². The Morgan fingerprint density at radius 3 is 2.22 bits per heavy atom. The lowest BCUT2D eigenvalue weighted by Gasteiger charge is -2.44. The zero-order valence-electron chi connectivity index (χ0n) is 15.1. The van der Waals surface area contributed by atoms with E-state index < -0.39 is 25.4 Å². The molecule has 0 saturated heterocycles. The van der Waals surface area contributed by atoms with Gasteiger partial charge in [0, 0.05) is 5.92 Å². The van der Waals surface area contributed by atoms with E-state index in [2.05, 4.69) is 32.6 Å². The SMILES string of the molecule is COC(=O)C1(C(=O)OC)CCCC2=C([Si](C)(C)C)CC(C)=CC21. The monoisotopic (exact) mass is 336 g/mol. The lowest BCUT2D eigenvalue weighted by Crippen LogP contribution is -2.50. The van der Waals surface area contributed by atoms with Crippen LogP contribution < -0.4 is 0 Å². The Bertz CT molecular complexity index is 564. The molecule has 1 atom stereocenters. The fourth-order valence-electron chi connectivity index (χ4n) is 4.14. The van der Waals surface area contributed by atoms with Crippen LogP contribution in [0.4, 0.5) is 0 Å². The summed E-state index contributed by atoms with van der Waals surface area (Å²) in [5, 5.41) is 1.49. The second-order valence-electron chi connectivity index (χ2n) is 7.73. The van der Waals surface area contributed by atoms with Crippen molar-refractivity contribution in [3.05, 3.63) is 22.4 Å². The number of hydrogen-bond donors (Lipinski definition) is 0. The number of fused-ring (bicyclic) bond motifs is 1. The van der Waals surface area contributed by atoms with Gasteiger partial charge in [-0.15, -0.1) is 0 Å². The first-order valence-electron chi connectivity index (χ1n) is 8.25. The zero-order valence-corrected chi connectivity index (χ0v) is 16.1. The second-order valence-corrected chi connectivity index (χ2v) is 12.8. The van der Waals surface area contributed by atoms with Gasteiger partial charge in [-0.1, -0.05) is 42.1 Å². The summed E-state index contributed by atoms with van der Waals surface area (Å²) in [5.74, 6) is -1.15. The van der Waals surface area contributed by atoms with Crippen molar-refractivity contribution in [1.29, 1.82) is 0 Å². The Morgan fingerprint density at radius 1 is 1.17 bits per heavy atom. The molecule has 0 amide bonds. The van der Waals surface area contributed by atoms with Crippen molar-refractivity contribution in [3.63, 3.8) is 0 Å². The highest BCUT2D eigenvalue weighted by Crippen LogP contribution is 2.52. The van der Waals surface area contributed by atoms with E-state index >= 15 is 0 Å². The van der Waals surface area contributed by atoms with Gasteiger partial charge in [0.1, 0.15) is 0 Å². The van der Waals surface area contributed by atoms with Crippen LogP contribution in [0.1, 0.15) is 32.6 Å². The van der Waals surface area contributed by atoms with E-state index in [0.29, 0.717) is 6.42 Å². The fourth-order valence-corrected chi connectivity index (χ4v) is 6.19. The molecule has 2 rings (SSSR count). The van der Waals surface area contributed by atoms with Crippen LogP contribution in [0.2, 0.25) is 19.6 Å². The van der Waals surface area contributed by atoms with E-state index in [9.17, 15) is 9.59 Å². The molecular weight excluding hydrogens is 308 g/mol. The third kappa shape index (κ3) is 2.91. The molecule has 0 bridgehead atoms. The molecule has 1 unspecified atom stereocenters. The summed E-state index contributed by atoms with van der Waals surface area (Å²) in [7, 11) is 1.18. The van der Waals surface area contributed by atoms with Gasteiger partial charge in [0.25, 0.3) is 0 Å². The van der Waals surface area contributed by atoms with E-state index in [1.165, 1.54) is 30.6 Å². The maximum Gasteiger partial charge on any atom is 0.324 e. The molecule has 5 heteroatoms. The lowest BCUT2D eigenvalue weighted by atomic mass is 9.62. The molecule has 128 valence electrons. The van der Waals surface area contributed by atoms with Crippen LogP contribution in [0, 0.1) is 11.3 Å². The molecule has 1 saturated carbocycles. The molecule has 0 aromatic heterocycles. The first-order valence-corrected chi connectivity index (χ1v) is 11.7. The van der Waals surface area contributed by atoms with Crippen LogP contribution >= 0.6 is 0 Å². The molecule has 2 aliphatic carbocycles. The van der Waals surface area contributed by atoms with Crippen molar-refractivity contribution in [3.8, 4) is 0 Å². The largest absolute Gasteiger partial charge is 0.468 e. The number of carbonyl (C=O) groups excluding carboxylic acids is 2. The average molecular weight is 337 g/mol. The number of methoxy groups -OCH3 is 2. The zero-order chi connectivity index (χ0) is 17.4. The van der Waals surface area contributed by atoms with Crippen LogP contribution in [0.25, 0.3) is 0 Å². The third-order valence-corrected chi connectivity index (χ3v) is 7.53.